The van der Waals surface area contributed by atoms with Gasteiger partial charge in [-0.05, 0) is 31.4 Å². The van der Waals surface area contributed by atoms with Crippen molar-refractivity contribution < 1.29 is 4.74 Å². The minimum atomic E-state index is 0.0228. The number of ether oxygens (including phenoxy) is 1. The Morgan fingerprint density at radius 3 is 3.00 bits per heavy atom. The van der Waals surface area contributed by atoms with Crippen LogP contribution in [0.25, 0.3) is 0 Å². The lowest BCUT2D eigenvalue weighted by Crippen LogP contribution is -2.48. The van der Waals surface area contributed by atoms with Gasteiger partial charge in [-0.3, -0.25) is 4.90 Å². The fraction of sp³-hybridized carbons (Fsp3) is 0.600. The largest absolute Gasteiger partial charge is 0.497 e. The number of rotatable bonds is 5. The Kier molecular flexibility index (Phi) is 3.37. The van der Waals surface area contributed by atoms with Crippen LogP contribution in [0.15, 0.2) is 24.3 Å². The van der Waals surface area contributed by atoms with E-state index in [4.69, 9.17) is 10.5 Å². The van der Waals surface area contributed by atoms with Crippen LogP contribution in [0.1, 0.15) is 19.3 Å². The fourth-order valence-electron chi connectivity index (χ4n) is 2.98. The standard InChI is InChI=1S/C15H23N3O/c1-19-14-4-2-3-12(9-14)17-15(10-16)7-8-18(11-15)13-5-6-13/h2-4,9,13,17H,5-8,10-11,16H2,1H3. The van der Waals surface area contributed by atoms with E-state index in [0.717, 1.165) is 30.4 Å². The van der Waals surface area contributed by atoms with Gasteiger partial charge in [-0.1, -0.05) is 6.07 Å². The lowest BCUT2D eigenvalue weighted by atomic mass is 9.98. The van der Waals surface area contributed by atoms with Crippen LogP contribution in [0, 0.1) is 0 Å². The van der Waals surface area contributed by atoms with Crippen LogP contribution >= 0.6 is 0 Å². The van der Waals surface area contributed by atoms with E-state index in [1.54, 1.807) is 7.11 Å². The van der Waals surface area contributed by atoms with E-state index in [2.05, 4.69) is 16.3 Å². The maximum Gasteiger partial charge on any atom is 0.120 e. The monoisotopic (exact) mass is 261 g/mol. The third-order valence-corrected chi connectivity index (χ3v) is 4.32. The first kappa shape index (κ1) is 12.8. The molecule has 4 heteroatoms. The molecule has 1 heterocycles. The van der Waals surface area contributed by atoms with Crippen molar-refractivity contribution in [3.05, 3.63) is 24.3 Å². The van der Waals surface area contributed by atoms with Crippen molar-refractivity contribution in [2.45, 2.75) is 30.8 Å². The third-order valence-electron chi connectivity index (χ3n) is 4.32. The van der Waals surface area contributed by atoms with E-state index in [-0.39, 0.29) is 5.54 Å². The van der Waals surface area contributed by atoms with Gasteiger partial charge in [0.25, 0.3) is 0 Å². The summed E-state index contributed by atoms with van der Waals surface area (Å²) in [6.45, 7) is 2.90. The molecule has 2 fully saturated rings. The van der Waals surface area contributed by atoms with E-state index in [9.17, 15) is 0 Å². The summed E-state index contributed by atoms with van der Waals surface area (Å²) in [6.07, 6.45) is 3.84. The van der Waals surface area contributed by atoms with E-state index in [1.807, 2.05) is 18.2 Å². The fourth-order valence-corrected chi connectivity index (χ4v) is 2.98. The summed E-state index contributed by atoms with van der Waals surface area (Å²) >= 11 is 0. The summed E-state index contributed by atoms with van der Waals surface area (Å²) in [5.74, 6) is 0.884. The molecule has 1 unspecified atom stereocenters. The molecule has 1 aromatic rings. The molecule has 104 valence electrons. The molecule has 3 rings (SSSR count). The van der Waals surface area contributed by atoms with Gasteiger partial charge in [-0.2, -0.15) is 0 Å². The van der Waals surface area contributed by atoms with Crippen molar-refractivity contribution in [1.29, 1.82) is 0 Å². The van der Waals surface area contributed by atoms with Gasteiger partial charge in [0.2, 0.25) is 0 Å². The normalized spacial score (nSPS) is 27.5. The van der Waals surface area contributed by atoms with E-state index in [1.165, 1.54) is 19.4 Å². The second-order valence-corrected chi connectivity index (χ2v) is 5.79. The second kappa shape index (κ2) is 5.02. The average molecular weight is 261 g/mol. The summed E-state index contributed by atoms with van der Waals surface area (Å²) in [7, 11) is 1.70. The summed E-state index contributed by atoms with van der Waals surface area (Å²) < 4.78 is 5.27. The minimum Gasteiger partial charge on any atom is -0.497 e. The molecule has 0 spiro atoms. The van der Waals surface area contributed by atoms with E-state index < -0.39 is 0 Å². The maximum atomic E-state index is 6.05. The number of nitrogens with one attached hydrogen (secondary N) is 1. The van der Waals surface area contributed by atoms with Crippen molar-refractivity contribution in [2.75, 3.05) is 32.1 Å². The molecule has 0 radical (unpaired) electrons. The zero-order valence-corrected chi connectivity index (χ0v) is 11.6. The molecule has 1 aromatic carbocycles. The average Bonchev–Trinajstić information content (AvgIpc) is 3.21. The minimum absolute atomic E-state index is 0.0228. The topological polar surface area (TPSA) is 50.5 Å². The molecule has 1 saturated heterocycles. The predicted molar refractivity (Wildman–Crippen MR) is 77.6 cm³/mol. The zero-order chi connectivity index (χ0) is 13.3. The number of benzene rings is 1. The highest BCUT2D eigenvalue weighted by molar-refractivity contribution is 5.50. The molecular weight excluding hydrogens is 238 g/mol. The predicted octanol–water partition coefficient (Wildman–Crippen LogP) is 1.67. The molecule has 4 nitrogen and oxygen atoms in total. The Bertz CT molecular complexity index is 447. The molecule has 1 atom stereocenters. The molecule has 1 aliphatic carbocycles. The van der Waals surface area contributed by atoms with Gasteiger partial charge in [0.05, 0.1) is 12.6 Å². The van der Waals surface area contributed by atoms with Gasteiger partial charge in [0.1, 0.15) is 5.75 Å². The van der Waals surface area contributed by atoms with Crippen molar-refractivity contribution >= 4 is 5.69 Å². The molecule has 3 N–H and O–H groups in total. The first-order valence-electron chi connectivity index (χ1n) is 7.11. The van der Waals surface area contributed by atoms with Crippen molar-refractivity contribution in [3.63, 3.8) is 0 Å². The lowest BCUT2D eigenvalue weighted by Gasteiger charge is -2.30. The highest BCUT2D eigenvalue weighted by atomic mass is 16.5. The Hall–Kier alpha value is -1.26. The van der Waals surface area contributed by atoms with Crippen LogP contribution < -0.4 is 15.8 Å². The molecule has 2 aliphatic rings. The lowest BCUT2D eigenvalue weighted by molar-refractivity contribution is 0.309. The maximum absolute atomic E-state index is 6.05. The summed E-state index contributed by atoms with van der Waals surface area (Å²) in [4.78, 5) is 2.58. The number of nitrogens with two attached hydrogens (primary N) is 1. The number of hydrogen-bond acceptors (Lipinski definition) is 4. The smallest absolute Gasteiger partial charge is 0.120 e. The van der Waals surface area contributed by atoms with E-state index >= 15 is 0 Å². The van der Waals surface area contributed by atoms with Crippen molar-refractivity contribution in [2.24, 2.45) is 5.73 Å². The van der Waals surface area contributed by atoms with Crippen LogP contribution in [0.4, 0.5) is 5.69 Å². The van der Waals surface area contributed by atoms with Crippen molar-refractivity contribution in [3.8, 4) is 5.75 Å². The third kappa shape index (κ3) is 2.69. The van der Waals surface area contributed by atoms with Crippen molar-refractivity contribution in [1.82, 2.24) is 4.90 Å². The van der Waals surface area contributed by atoms with Gasteiger partial charge < -0.3 is 15.8 Å². The van der Waals surface area contributed by atoms with Crippen LogP contribution in [0.5, 0.6) is 5.75 Å². The number of nitrogens with zero attached hydrogens (tertiary/aromatic N) is 1. The number of likely N-dealkylation sites (tertiary alicyclic amines) is 1. The van der Waals surface area contributed by atoms with Gasteiger partial charge in [-0.25, -0.2) is 0 Å². The van der Waals surface area contributed by atoms with Gasteiger partial charge in [0.15, 0.2) is 0 Å². The Morgan fingerprint density at radius 2 is 2.32 bits per heavy atom. The second-order valence-electron chi connectivity index (χ2n) is 5.79. The molecule has 0 bridgehead atoms. The number of hydrogen-bond donors (Lipinski definition) is 2. The zero-order valence-electron chi connectivity index (χ0n) is 11.6. The van der Waals surface area contributed by atoms with Crippen LogP contribution in [-0.4, -0.2) is 43.2 Å². The summed E-state index contributed by atoms with van der Waals surface area (Å²) in [5.41, 5.74) is 7.17. The molecule has 0 aromatic heterocycles. The molecule has 1 saturated carbocycles. The molecule has 1 aliphatic heterocycles. The first-order chi connectivity index (χ1) is 9.24. The number of anilines is 1. The first-order valence-corrected chi connectivity index (χ1v) is 7.11. The Morgan fingerprint density at radius 1 is 1.47 bits per heavy atom. The summed E-state index contributed by atoms with van der Waals surface area (Å²) in [5, 5.41) is 3.64. The molecular formula is C15H23N3O. The van der Waals surface area contributed by atoms with Crippen LogP contribution in [0.3, 0.4) is 0 Å². The highest BCUT2D eigenvalue weighted by Crippen LogP contribution is 2.35. The summed E-state index contributed by atoms with van der Waals surface area (Å²) in [6, 6.07) is 8.92. The molecule has 0 amide bonds. The van der Waals surface area contributed by atoms with Crippen LogP contribution in [-0.2, 0) is 0 Å². The van der Waals surface area contributed by atoms with Crippen LogP contribution in [0.2, 0.25) is 0 Å². The Labute approximate surface area is 114 Å². The van der Waals surface area contributed by atoms with Gasteiger partial charge in [0, 0.05) is 37.4 Å². The SMILES string of the molecule is COc1cccc(NC2(CN)CCN(C3CC3)C2)c1. The highest BCUT2D eigenvalue weighted by Gasteiger charge is 2.42. The van der Waals surface area contributed by atoms with Gasteiger partial charge >= 0.3 is 0 Å². The quantitative estimate of drug-likeness (QED) is 0.846. The van der Waals surface area contributed by atoms with Gasteiger partial charge in [-0.15, -0.1) is 0 Å². The van der Waals surface area contributed by atoms with E-state index in [0.29, 0.717) is 6.54 Å². The molecule has 19 heavy (non-hydrogen) atoms. The number of methoxy groups -OCH3 is 1. The Balaban J connectivity index is 1.71.